The van der Waals surface area contributed by atoms with Gasteiger partial charge in [0, 0.05) is 17.0 Å². The first-order valence-electron chi connectivity index (χ1n) is 6.65. The molecule has 0 saturated heterocycles. The van der Waals surface area contributed by atoms with E-state index in [0.717, 1.165) is 21.5 Å². The molecule has 1 aromatic rings. The topological polar surface area (TPSA) is 29.3 Å². The minimum Gasteiger partial charge on any atom is -0.326 e. The molecule has 2 nitrogen and oxygen atoms in total. The fourth-order valence-electron chi connectivity index (χ4n) is 2.40. The number of thiophene rings is 1. The summed E-state index contributed by atoms with van der Waals surface area (Å²) in [5.41, 5.74) is 6.13. The average molecular weight is 371 g/mol. The Bertz CT molecular complexity index is 445. The van der Waals surface area contributed by atoms with Crippen LogP contribution in [0.2, 0.25) is 0 Å². The number of hydrogen-bond acceptors (Lipinski definition) is 3. The summed E-state index contributed by atoms with van der Waals surface area (Å²) in [5.74, 6) is 0. The fourth-order valence-corrected chi connectivity index (χ4v) is 4.02. The second-order valence-corrected chi connectivity index (χ2v) is 7.67. The second kappa shape index (κ2) is 6.34. The molecule has 0 spiro atoms. The molecule has 0 aliphatic heterocycles. The van der Waals surface area contributed by atoms with Gasteiger partial charge in [-0.3, -0.25) is 4.90 Å². The van der Waals surface area contributed by atoms with Crippen LogP contribution in [0.25, 0.3) is 0 Å². The Balaban J connectivity index is 2.27. The van der Waals surface area contributed by atoms with Crippen LogP contribution in [-0.2, 0) is 0 Å². The number of alkyl halides is 3. The highest BCUT2D eigenvalue weighted by atomic mass is 79.9. The highest BCUT2D eigenvalue weighted by molar-refractivity contribution is 9.11. The molecule has 2 N–H and O–H groups in total. The van der Waals surface area contributed by atoms with Gasteiger partial charge in [0.25, 0.3) is 0 Å². The molecule has 2 atom stereocenters. The lowest BCUT2D eigenvalue weighted by atomic mass is 10.0. The summed E-state index contributed by atoms with van der Waals surface area (Å²) in [7, 11) is 0. The van der Waals surface area contributed by atoms with E-state index in [9.17, 15) is 13.2 Å². The minimum atomic E-state index is -4.19. The van der Waals surface area contributed by atoms with Gasteiger partial charge in [0.05, 0.1) is 16.4 Å². The molecule has 1 aromatic heterocycles. The van der Waals surface area contributed by atoms with E-state index in [4.69, 9.17) is 5.73 Å². The summed E-state index contributed by atoms with van der Waals surface area (Å²) in [6, 6.07) is 3.11. The summed E-state index contributed by atoms with van der Waals surface area (Å²) in [6.07, 6.45) is -1.88. The summed E-state index contributed by atoms with van der Waals surface area (Å²) in [5, 5.41) is 0. The number of halogens is 4. The van der Waals surface area contributed by atoms with Crippen LogP contribution in [0.1, 0.15) is 37.1 Å². The SMILES string of the molecule is CCC(N)C(c1ccc(Br)s1)N(CC(F)(F)F)C1CC1. The van der Waals surface area contributed by atoms with E-state index < -0.39 is 12.7 Å². The number of rotatable bonds is 6. The molecule has 0 amide bonds. The third-order valence-corrected chi connectivity index (χ3v) is 5.19. The molecular formula is C13H18BrF3N2S. The molecule has 1 aliphatic rings. The summed E-state index contributed by atoms with van der Waals surface area (Å²) in [4.78, 5) is 2.45. The Morgan fingerprint density at radius 1 is 1.45 bits per heavy atom. The van der Waals surface area contributed by atoms with Crippen molar-refractivity contribution in [1.29, 1.82) is 0 Å². The highest BCUT2D eigenvalue weighted by Crippen LogP contribution is 2.41. The first-order valence-corrected chi connectivity index (χ1v) is 8.26. The third kappa shape index (κ3) is 4.19. The van der Waals surface area contributed by atoms with Gasteiger partial charge in [0.2, 0.25) is 0 Å². The highest BCUT2D eigenvalue weighted by Gasteiger charge is 2.43. The first-order chi connectivity index (χ1) is 9.31. The van der Waals surface area contributed by atoms with Crippen LogP contribution >= 0.6 is 27.3 Å². The zero-order valence-electron chi connectivity index (χ0n) is 11.2. The molecule has 2 unspecified atom stereocenters. The van der Waals surface area contributed by atoms with Crippen molar-refractivity contribution in [2.24, 2.45) is 5.73 Å². The van der Waals surface area contributed by atoms with Crippen molar-refractivity contribution in [2.45, 2.75) is 50.5 Å². The minimum absolute atomic E-state index is 0.0140. The molecule has 20 heavy (non-hydrogen) atoms. The number of nitrogens with zero attached hydrogens (tertiary/aromatic N) is 1. The van der Waals surface area contributed by atoms with E-state index in [1.54, 1.807) is 4.90 Å². The summed E-state index contributed by atoms with van der Waals surface area (Å²) >= 11 is 4.84. The standard InChI is InChI=1S/C13H18BrF3N2S/c1-2-9(18)12(10-5-6-11(14)20-10)19(8-3-4-8)7-13(15,16)17/h5-6,8-9,12H,2-4,7,18H2,1H3. The van der Waals surface area contributed by atoms with Gasteiger partial charge in [0.1, 0.15) is 0 Å². The largest absolute Gasteiger partial charge is 0.401 e. The molecule has 0 aromatic carbocycles. The molecule has 0 radical (unpaired) electrons. The predicted octanol–water partition coefficient (Wildman–Crippen LogP) is 4.32. The molecular weight excluding hydrogens is 353 g/mol. The van der Waals surface area contributed by atoms with Crippen molar-refractivity contribution >= 4 is 27.3 Å². The lowest BCUT2D eigenvalue weighted by Gasteiger charge is -2.35. The molecule has 0 bridgehead atoms. The zero-order chi connectivity index (χ0) is 14.9. The van der Waals surface area contributed by atoms with Gasteiger partial charge in [-0.15, -0.1) is 11.3 Å². The van der Waals surface area contributed by atoms with Crippen LogP contribution < -0.4 is 5.73 Å². The molecule has 2 rings (SSSR count). The van der Waals surface area contributed by atoms with E-state index in [1.807, 2.05) is 19.1 Å². The van der Waals surface area contributed by atoms with E-state index in [-0.39, 0.29) is 18.1 Å². The predicted molar refractivity (Wildman–Crippen MR) is 78.8 cm³/mol. The molecule has 7 heteroatoms. The van der Waals surface area contributed by atoms with Crippen molar-refractivity contribution < 1.29 is 13.2 Å². The normalized spacial score (nSPS) is 19.4. The molecule has 1 heterocycles. The Morgan fingerprint density at radius 3 is 2.50 bits per heavy atom. The van der Waals surface area contributed by atoms with Crippen molar-refractivity contribution in [3.63, 3.8) is 0 Å². The Hall–Kier alpha value is -0.110. The Morgan fingerprint density at radius 2 is 2.10 bits per heavy atom. The monoisotopic (exact) mass is 370 g/mol. The van der Waals surface area contributed by atoms with Crippen LogP contribution in [0.15, 0.2) is 15.9 Å². The maximum Gasteiger partial charge on any atom is 0.401 e. The van der Waals surface area contributed by atoms with E-state index in [0.29, 0.717) is 6.42 Å². The maximum absolute atomic E-state index is 12.9. The lowest BCUT2D eigenvalue weighted by molar-refractivity contribution is -0.153. The molecule has 1 aliphatic carbocycles. The maximum atomic E-state index is 12.9. The molecule has 1 fully saturated rings. The smallest absolute Gasteiger partial charge is 0.326 e. The Labute approximate surface area is 129 Å². The number of nitrogens with two attached hydrogens (primary N) is 1. The van der Waals surface area contributed by atoms with E-state index in [2.05, 4.69) is 15.9 Å². The second-order valence-electron chi connectivity index (χ2n) is 5.18. The van der Waals surface area contributed by atoms with E-state index >= 15 is 0 Å². The fraction of sp³-hybridized carbons (Fsp3) is 0.692. The summed E-state index contributed by atoms with van der Waals surface area (Å²) < 4.78 is 39.5. The van der Waals surface area contributed by atoms with Gasteiger partial charge in [0.15, 0.2) is 0 Å². The lowest BCUT2D eigenvalue weighted by Crippen LogP contribution is -2.45. The van der Waals surface area contributed by atoms with E-state index in [1.165, 1.54) is 11.3 Å². The van der Waals surface area contributed by atoms with Gasteiger partial charge in [-0.2, -0.15) is 13.2 Å². The van der Waals surface area contributed by atoms with Crippen molar-refractivity contribution in [3.8, 4) is 0 Å². The van der Waals surface area contributed by atoms with Crippen LogP contribution in [0.3, 0.4) is 0 Å². The van der Waals surface area contributed by atoms with Gasteiger partial charge >= 0.3 is 6.18 Å². The molecule has 114 valence electrons. The van der Waals surface area contributed by atoms with Crippen LogP contribution in [0.5, 0.6) is 0 Å². The average Bonchev–Trinajstić information content (AvgIpc) is 3.10. The van der Waals surface area contributed by atoms with Gasteiger partial charge < -0.3 is 5.73 Å². The van der Waals surface area contributed by atoms with Crippen molar-refractivity contribution in [2.75, 3.05) is 6.54 Å². The first kappa shape index (κ1) is 16.3. The van der Waals surface area contributed by atoms with Crippen LogP contribution in [-0.4, -0.2) is 29.7 Å². The zero-order valence-corrected chi connectivity index (χ0v) is 13.6. The summed E-state index contributed by atoms with van der Waals surface area (Å²) in [6.45, 7) is 1.03. The van der Waals surface area contributed by atoms with Gasteiger partial charge in [-0.25, -0.2) is 0 Å². The Kier molecular flexibility index (Phi) is 5.15. The number of hydrogen-bond donors (Lipinski definition) is 1. The van der Waals surface area contributed by atoms with Crippen molar-refractivity contribution in [3.05, 3.63) is 20.8 Å². The molecule has 1 saturated carbocycles. The van der Waals surface area contributed by atoms with Crippen LogP contribution in [0, 0.1) is 0 Å². The quantitative estimate of drug-likeness (QED) is 0.807. The van der Waals surface area contributed by atoms with Gasteiger partial charge in [-0.1, -0.05) is 6.92 Å². The van der Waals surface area contributed by atoms with Crippen LogP contribution in [0.4, 0.5) is 13.2 Å². The van der Waals surface area contributed by atoms with Crippen molar-refractivity contribution in [1.82, 2.24) is 4.90 Å². The third-order valence-electron chi connectivity index (χ3n) is 3.50. The van der Waals surface area contributed by atoms with Gasteiger partial charge in [-0.05, 0) is 47.3 Å².